The summed E-state index contributed by atoms with van der Waals surface area (Å²) < 4.78 is 5.50. The Labute approximate surface area is 156 Å². The molecule has 1 saturated carbocycles. The molecule has 1 fully saturated rings. The molecule has 1 unspecified atom stereocenters. The van der Waals surface area contributed by atoms with E-state index in [1.165, 1.54) is 11.3 Å². The summed E-state index contributed by atoms with van der Waals surface area (Å²) in [5, 5.41) is 15.2. The molecule has 1 aliphatic carbocycles. The van der Waals surface area contributed by atoms with E-state index < -0.39 is 5.97 Å². The molecule has 1 atom stereocenters. The molecular weight excluding hydrogens is 352 g/mol. The fourth-order valence-corrected chi connectivity index (χ4v) is 3.26. The number of ether oxygens (including phenoxy) is 1. The van der Waals surface area contributed by atoms with Gasteiger partial charge in [0, 0.05) is 23.5 Å². The molecule has 1 aromatic carbocycles. The SMILES string of the molecule is CC(NCc1ccc(C(=O)O)s1)c1ccc(OCC(=O)NC2CC2)cc1. The summed E-state index contributed by atoms with van der Waals surface area (Å²) in [6.45, 7) is 2.69. The third kappa shape index (κ3) is 5.31. The molecule has 7 heteroatoms. The number of hydrogen-bond donors (Lipinski definition) is 3. The maximum Gasteiger partial charge on any atom is 0.345 e. The van der Waals surface area contributed by atoms with Gasteiger partial charge in [0.1, 0.15) is 10.6 Å². The van der Waals surface area contributed by atoms with E-state index in [2.05, 4.69) is 10.6 Å². The lowest BCUT2D eigenvalue weighted by molar-refractivity contribution is -0.123. The molecule has 0 saturated heterocycles. The lowest BCUT2D eigenvalue weighted by Crippen LogP contribution is -2.30. The number of thiophene rings is 1. The van der Waals surface area contributed by atoms with E-state index in [0.29, 0.717) is 23.2 Å². The van der Waals surface area contributed by atoms with Crippen LogP contribution in [0, 0.1) is 0 Å². The van der Waals surface area contributed by atoms with E-state index in [9.17, 15) is 9.59 Å². The Kier molecular flexibility index (Phi) is 5.90. The quantitative estimate of drug-likeness (QED) is 0.628. The van der Waals surface area contributed by atoms with Gasteiger partial charge in [-0.2, -0.15) is 0 Å². The highest BCUT2D eigenvalue weighted by Gasteiger charge is 2.23. The van der Waals surface area contributed by atoms with Crippen LogP contribution < -0.4 is 15.4 Å². The van der Waals surface area contributed by atoms with Crippen molar-refractivity contribution in [2.45, 2.75) is 38.4 Å². The van der Waals surface area contributed by atoms with Gasteiger partial charge < -0.3 is 20.5 Å². The highest BCUT2D eigenvalue weighted by atomic mass is 32.1. The summed E-state index contributed by atoms with van der Waals surface area (Å²) >= 11 is 1.28. The van der Waals surface area contributed by atoms with E-state index >= 15 is 0 Å². The van der Waals surface area contributed by atoms with Gasteiger partial charge in [-0.3, -0.25) is 4.79 Å². The van der Waals surface area contributed by atoms with Gasteiger partial charge in [-0.15, -0.1) is 11.3 Å². The number of amides is 1. The Morgan fingerprint density at radius 3 is 2.58 bits per heavy atom. The molecule has 26 heavy (non-hydrogen) atoms. The standard InChI is InChI=1S/C19H22N2O4S/c1-12(20-10-16-8-9-17(26-16)19(23)24)13-2-6-15(7-3-13)25-11-18(22)21-14-4-5-14/h2-3,6-9,12,14,20H,4-5,10-11H2,1H3,(H,21,22)(H,23,24). The minimum Gasteiger partial charge on any atom is -0.484 e. The first kappa shape index (κ1) is 18.4. The third-order valence-corrected chi connectivity index (χ3v) is 5.22. The van der Waals surface area contributed by atoms with Gasteiger partial charge in [0.25, 0.3) is 5.91 Å². The number of carboxylic acids is 1. The molecule has 0 bridgehead atoms. The minimum absolute atomic E-state index is 0.0357. The van der Waals surface area contributed by atoms with Crippen LogP contribution in [-0.2, 0) is 11.3 Å². The smallest absolute Gasteiger partial charge is 0.345 e. The van der Waals surface area contributed by atoms with E-state index in [0.717, 1.165) is 23.3 Å². The van der Waals surface area contributed by atoms with Crippen LogP contribution in [0.15, 0.2) is 36.4 Å². The van der Waals surface area contributed by atoms with Crippen LogP contribution >= 0.6 is 11.3 Å². The van der Waals surface area contributed by atoms with Gasteiger partial charge in [-0.1, -0.05) is 12.1 Å². The summed E-state index contributed by atoms with van der Waals surface area (Å²) in [6, 6.07) is 11.5. The lowest BCUT2D eigenvalue weighted by Gasteiger charge is -2.14. The molecule has 1 aromatic heterocycles. The molecule has 1 aliphatic rings. The fourth-order valence-electron chi connectivity index (χ4n) is 2.46. The molecule has 0 spiro atoms. The van der Waals surface area contributed by atoms with Gasteiger partial charge in [0.15, 0.2) is 6.61 Å². The topological polar surface area (TPSA) is 87.7 Å². The normalized spacial score (nSPS) is 14.7. The number of nitrogens with one attached hydrogen (secondary N) is 2. The summed E-state index contributed by atoms with van der Waals surface area (Å²) in [5.74, 6) is -0.310. The molecule has 1 amide bonds. The van der Waals surface area contributed by atoms with Crippen molar-refractivity contribution < 1.29 is 19.4 Å². The van der Waals surface area contributed by atoms with Crippen LogP contribution in [0.2, 0.25) is 0 Å². The Balaban J connectivity index is 1.45. The molecule has 0 aliphatic heterocycles. The number of benzene rings is 1. The van der Waals surface area contributed by atoms with Gasteiger partial charge in [0.2, 0.25) is 0 Å². The molecule has 6 nitrogen and oxygen atoms in total. The molecule has 138 valence electrons. The zero-order valence-electron chi connectivity index (χ0n) is 14.5. The maximum absolute atomic E-state index is 11.6. The van der Waals surface area contributed by atoms with E-state index in [1.807, 2.05) is 37.3 Å². The lowest BCUT2D eigenvalue weighted by atomic mass is 10.1. The van der Waals surface area contributed by atoms with Crippen molar-refractivity contribution in [3.8, 4) is 5.75 Å². The van der Waals surface area contributed by atoms with E-state index in [-0.39, 0.29) is 18.6 Å². The van der Waals surface area contributed by atoms with Crippen LogP contribution in [0.25, 0.3) is 0 Å². The second-order valence-corrected chi connectivity index (χ2v) is 7.54. The van der Waals surface area contributed by atoms with Crippen molar-refractivity contribution in [1.29, 1.82) is 0 Å². The molecule has 2 aromatic rings. The monoisotopic (exact) mass is 374 g/mol. The molecule has 1 heterocycles. The van der Waals surface area contributed by atoms with E-state index in [4.69, 9.17) is 9.84 Å². The van der Waals surface area contributed by atoms with Crippen LogP contribution in [0.3, 0.4) is 0 Å². The highest BCUT2D eigenvalue weighted by Crippen LogP contribution is 2.21. The summed E-state index contributed by atoms with van der Waals surface area (Å²) in [7, 11) is 0. The predicted octanol–water partition coefficient (Wildman–Crippen LogP) is 2.95. The average molecular weight is 374 g/mol. The second-order valence-electron chi connectivity index (χ2n) is 6.37. The Morgan fingerprint density at radius 2 is 1.96 bits per heavy atom. The van der Waals surface area contributed by atoms with Gasteiger partial charge in [-0.05, 0) is 49.6 Å². The molecule has 3 N–H and O–H groups in total. The van der Waals surface area contributed by atoms with Crippen molar-refractivity contribution in [2.75, 3.05) is 6.61 Å². The maximum atomic E-state index is 11.6. The number of carbonyl (C=O) groups is 2. The van der Waals surface area contributed by atoms with Crippen LogP contribution in [0.4, 0.5) is 0 Å². The van der Waals surface area contributed by atoms with E-state index in [1.54, 1.807) is 6.07 Å². The van der Waals surface area contributed by atoms with Crippen molar-refractivity contribution in [3.05, 3.63) is 51.7 Å². The van der Waals surface area contributed by atoms with Crippen LogP contribution in [-0.4, -0.2) is 29.6 Å². The highest BCUT2D eigenvalue weighted by molar-refractivity contribution is 7.13. The average Bonchev–Trinajstić information content (AvgIpc) is 3.31. The Bertz CT molecular complexity index is 768. The zero-order valence-corrected chi connectivity index (χ0v) is 15.3. The minimum atomic E-state index is -0.893. The van der Waals surface area contributed by atoms with Crippen molar-refractivity contribution in [1.82, 2.24) is 10.6 Å². The molecule has 0 radical (unpaired) electrons. The van der Waals surface area contributed by atoms with Crippen LogP contribution in [0.5, 0.6) is 5.75 Å². The first-order valence-electron chi connectivity index (χ1n) is 8.59. The summed E-state index contributed by atoms with van der Waals surface area (Å²) in [4.78, 5) is 23.9. The number of carboxylic acid groups (broad SMARTS) is 1. The Morgan fingerprint density at radius 1 is 1.23 bits per heavy atom. The van der Waals surface area contributed by atoms with Crippen LogP contribution in [0.1, 0.15) is 45.9 Å². The summed E-state index contributed by atoms with van der Waals surface area (Å²) in [6.07, 6.45) is 2.13. The molecular formula is C19H22N2O4S. The molecule has 3 rings (SSSR count). The first-order valence-corrected chi connectivity index (χ1v) is 9.40. The second kappa shape index (κ2) is 8.33. The fraction of sp³-hybridized carbons (Fsp3) is 0.368. The largest absolute Gasteiger partial charge is 0.484 e. The summed E-state index contributed by atoms with van der Waals surface area (Å²) in [5.41, 5.74) is 1.09. The van der Waals surface area contributed by atoms with Gasteiger partial charge >= 0.3 is 5.97 Å². The van der Waals surface area contributed by atoms with Crippen molar-refractivity contribution in [2.24, 2.45) is 0 Å². The third-order valence-electron chi connectivity index (χ3n) is 4.15. The number of hydrogen-bond acceptors (Lipinski definition) is 5. The van der Waals surface area contributed by atoms with Crippen molar-refractivity contribution >= 4 is 23.2 Å². The predicted molar refractivity (Wildman–Crippen MR) is 99.6 cm³/mol. The number of rotatable bonds is 9. The number of carbonyl (C=O) groups excluding carboxylic acids is 1. The Hall–Kier alpha value is -2.38. The van der Waals surface area contributed by atoms with Gasteiger partial charge in [0.05, 0.1) is 0 Å². The number of aromatic carboxylic acids is 1. The van der Waals surface area contributed by atoms with Crippen molar-refractivity contribution in [3.63, 3.8) is 0 Å². The first-order chi connectivity index (χ1) is 12.5. The van der Waals surface area contributed by atoms with Gasteiger partial charge in [-0.25, -0.2) is 4.79 Å². The zero-order chi connectivity index (χ0) is 18.5.